The van der Waals surface area contributed by atoms with Gasteiger partial charge >= 0.3 is 67.8 Å². The molecule has 0 atom stereocenters. The molecule has 0 heterocycles. The Morgan fingerprint density at radius 3 is 1.78 bits per heavy atom. The number of halogens is 1. The number of hydrogen-bond donors (Lipinski definition) is 1. The Balaban J connectivity index is -0.000000195. The summed E-state index contributed by atoms with van der Waals surface area (Å²) in [5.41, 5.74) is 0.549. The molecule has 15 heteroatoms. The number of carbonyl (C=O) groups excluding carboxylic acids is 1. The molecule has 27 heavy (non-hydrogen) atoms. The maximum Gasteiger partial charge on any atom is 1.00 e. The van der Waals surface area contributed by atoms with Crippen molar-refractivity contribution in [1.29, 1.82) is 0 Å². The molecule has 0 aliphatic rings. The van der Waals surface area contributed by atoms with E-state index in [1.165, 1.54) is 0 Å². The Bertz CT molecular complexity index is 639. The number of quaternary nitrogens is 1. The molecular formula is C12H25ClKNO10S2. The van der Waals surface area contributed by atoms with Crippen molar-refractivity contribution in [2.24, 2.45) is 0 Å². The van der Waals surface area contributed by atoms with Gasteiger partial charge in [-0.15, -0.1) is 0 Å². The van der Waals surface area contributed by atoms with Crippen LogP contribution < -0.4 is 63.8 Å². The van der Waals surface area contributed by atoms with Crippen LogP contribution in [0, 0.1) is 0 Å². The molecular weight excluding hydrogens is 457 g/mol. The van der Waals surface area contributed by atoms with E-state index in [-0.39, 0.29) is 75.3 Å². The number of nitrogens with zero attached hydrogens (tertiary/aromatic N) is 1. The van der Waals surface area contributed by atoms with Crippen LogP contribution in [0.15, 0.2) is 12.2 Å². The molecule has 0 aromatic rings. The molecule has 0 aliphatic heterocycles. The van der Waals surface area contributed by atoms with Crippen molar-refractivity contribution in [2.75, 3.05) is 27.7 Å². The maximum atomic E-state index is 11.2. The fourth-order valence-electron chi connectivity index (χ4n) is 0.921. The standard InChI is InChI=1S/C12H24NO2.ClH.K.H2O8S2/c1-10(2)11(14)15-9-8-12(3,4)13(5,6)7;;;1-9(2,3)7-8-10(4,5)6/h1,8-9H2,2-7H3;1H;;(H,1,2,3)(H,4,5,6)/q+1;;+1;/p-2. The zero-order valence-electron chi connectivity index (χ0n) is 16.4. The van der Waals surface area contributed by atoms with E-state index >= 15 is 0 Å². The molecule has 11 nitrogen and oxygen atoms in total. The van der Waals surface area contributed by atoms with Gasteiger partial charge in [-0.2, -0.15) is 8.42 Å². The third-order valence-corrected chi connectivity index (χ3v) is 3.87. The van der Waals surface area contributed by atoms with Gasteiger partial charge in [-0.05, 0) is 20.8 Å². The Hall–Kier alpha value is 0.836. The quantitative estimate of drug-likeness (QED) is 0.0517. The first-order chi connectivity index (χ1) is 10.8. The van der Waals surface area contributed by atoms with E-state index < -0.39 is 20.8 Å². The SMILES string of the molecule is C=C(C)C(=O)OCCC(C)(C)[N+](C)(C)C.O=S(=O)([O-])OOS(=O)(=O)O.[Cl-].[K+]. The molecule has 0 saturated heterocycles. The molecule has 0 aromatic carbocycles. The Morgan fingerprint density at radius 1 is 1.15 bits per heavy atom. The summed E-state index contributed by atoms with van der Waals surface area (Å²) in [7, 11) is -3.91. The average molecular weight is 482 g/mol. The van der Waals surface area contributed by atoms with Crippen LogP contribution in [0.25, 0.3) is 0 Å². The van der Waals surface area contributed by atoms with Gasteiger partial charge in [0.1, 0.15) is 0 Å². The molecule has 0 fully saturated rings. The molecule has 0 bridgehead atoms. The second-order valence-electron chi connectivity index (χ2n) is 6.46. The van der Waals surface area contributed by atoms with E-state index in [2.05, 4.69) is 50.2 Å². The van der Waals surface area contributed by atoms with E-state index in [0.29, 0.717) is 12.2 Å². The third-order valence-electron chi connectivity index (χ3n) is 3.31. The van der Waals surface area contributed by atoms with Crippen molar-refractivity contribution in [2.45, 2.75) is 32.7 Å². The Morgan fingerprint density at radius 2 is 1.56 bits per heavy atom. The van der Waals surface area contributed by atoms with Crippen LogP contribution in [0.4, 0.5) is 0 Å². The number of hydrogen-bond acceptors (Lipinski definition) is 9. The van der Waals surface area contributed by atoms with Crippen molar-refractivity contribution < 1.29 is 112 Å². The van der Waals surface area contributed by atoms with Crippen molar-refractivity contribution in [3.8, 4) is 0 Å². The van der Waals surface area contributed by atoms with Crippen molar-refractivity contribution in [3.05, 3.63) is 12.2 Å². The molecule has 0 unspecified atom stereocenters. The molecule has 0 spiro atoms. The molecule has 0 rings (SSSR count). The van der Waals surface area contributed by atoms with Gasteiger partial charge in [0.15, 0.2) is 0 Å². The van der Waals surface area contributed by atoms with Gasteiger partial charge in [-0.3, -0.25) is 4.55 Å². The summed E-state index contributed by atoms with van der Waals surface area (Å²) in [4.78, 5) is 11.2. The normalized spacial score (nSPS) is 11.9. The minimum atomic E-state index is -5.27. The smallest absolute Gasteiger partial charge is 1.00 e. The second-order valence-corrected chi connectivity index (χ2v) is 8.41. The number of esters is 1. The summed E-state index contributed by atoms with van der Waals surface area (Å²) in [6.07, 6.45) is 0.843. The van der Waals surface area contributed by atoms with Crippen LogP contribution in [-0.2, 0) is 39.0 Å². The molecule has 0 radical (unpaired) electrons. The van der Waals surface area contributed by atoms with Gasteiger partial charge < -0.3 is 26.2 Å². The van der Waals surface area contributed by atoms with Gasteiger partial charge in [0, 0.05) is 12.0 Å². The first-order valence-corrected chi connectivity index (χ1v) is 9.43. The molecule has 0 saturated carbocycles. The maximum absolute atomic E-state index is 11.2. The van der Waals surface area contributed by atoms with E-state index in [1.54, 1.807) is 6.92 Å². The summed E-state index contributed by atoms with van der Waals surface area (Å²) >= 11 is 0. The summed E-state index contributed by atoms with van der Waals surface area (Å²) in [5.74, 6) is -0.299. The summed E-state index contributed by atoms with van der Waals surface area (Å²) < 4.78 is 66.1. The summed E-state index contributed by atoms with van der Waals surface area (Å²) in [6, 6.07) is 0. The van der Waals surface area contributed by atoms with Crippen LogP contribution in [-0.4, -0.2) is 69.7 Å². The molecule has 1 N–H and O–H groups in total. The molecule has 0 aliphatic carbocycles. The molecule has 158 valence electrons. The van der Waals surface area contributed by atoms with Crippen LogP contribution in [0.2, 0.25) is 0 Å². The monoisotopic (exact) mass is 481 g/mol. The number of rotatable bonds is 8. The first-order valence-electron chi connectivity index (χ1n) is 6.74. The fraction of sp³-hybridized carbons (Fsp3) is 0.750. The van der Waals surface area contributed by atoms with Crippen LogP contribution >= 0.6 is 0 Å². The van der Waals surface area contributed by atoms with Gasteiger partial charge in [-0.1, -0.05) is 15.2 Å². The van der Waals surface area contributed by atoms with Crippen LogP contribution in [0.3, 0.4) is 0 Å². The molecule has 0 aromatic heterocycles. The minimum Gasteiger partial charge on any atom is -1.00 e. The topological polar surface area (TPSA) is 156 Å². The van der Waals surface area contributed by atoms with E-state index in [4.69, 9.17) is 9.29 Å². The largest absolute Gasteiger partial charge is 1.00 e. The van der Waals surface area contributed by atoms with Crippen molar-refractivity contribution in [1.82, 2.24) is 0 Å². The minimum absolute atomic E-state index is 0. The number of carbonyl (C=O) groups is 1. The Kier molecular flexibility index (Phi) is 18.2. The predicted octanol–water partition coefficient (Wildman–Crippen LogP) is -5.81. The van der Waals surface area contributed by atoms with Crippen LogP contribution in [0.5, 0.6) is 0 Å². The van der Waals surface area contributed by atoms with E-state index in [1.807, 2.05) is 0 Å². The fourth-order valence-corrected chi connectivity index (χ4v) is 1.47. The summed E-state index contributed by atoms with van der Waals surface area (Å²) in [6.45, 7) is 9.99. The van der Waals surface area contributed by atoms with Gasteiger partial charge in [0.25, 0.3) is 0 Å². The summed E-state index contributed by atoms with van der Waals surface area (Å²) in [5, 5.41) is 0. The van der Waals surface area contributed by atoms with Crippen LogP contribution in [0.1, 0.15) is 27.2 Å². The van der Waals surface area contributed by atoms with Gasteiger partial charge in [0.2, 0.25) is 10.4 Å². The average Bonchev–Trinajstić information content (AvgIpc) is 2.33. The zero-order valence-corrected chi connectivity index (χ0v) is 21.9. The second kappa shape index (κ2) is 13.9. The first kappa shape index (κ1) is 35.3. The van der Waals surface area contributed by atoms with E-state index in [9.17, 15) is 26.2 Å². The van der Waals surface area contributed by atoms with Gasteiger partial charge in [-0.25, -0.2) is 13.2 Å². The molecule has 0 amide bonds. The number of ether oxygens (including phenoxy) is 1. The van der Waals surface area contributed by atoms with Crippen molar-refractivity contribution >= 4 is 26.8 Å². The predicted molar refractivity (Wildman–Crippen MR) is 85.9 cm³/mol. The zero-order chi connectivity index (χ0) is 20.7. The van der Waals surface area contributed by atoms with Crippen molar-refractivity contribution in [3.63, 3.8) is 0 Å². The third kappa shape index (κ3) is 21.4. The Labute approximate surface area is 209 Å². The van der Waals surface area contributed by atoms with E-state index in [0.717, 1.165) is 10.9 Å². The van der Waals surface area contributed by atoms with Gasteiger partial charge in [0.05, 0.1) is 33.3 Å².